The molecule has 0 spiro atoms. The molecule has 0 amide bonds. The zero-order valence-electron chi connectivity index (χ0n) is 14.3. The van der Waals surface area contributed by atoms with Crippen molar-refractivity contribution in [3.63, 3.8) is 0 Å². The van der Waals surface area contributed by atoms with Gasteiger partial charge in [-0.25, -0.2) is 4.39 Å². The topological polar surface area (TPSA) is 9.23 Å². The summed E-state index contributed by atoms with van der Waals surface area (Å²) in [5.74, 6) is 0.901. The fourth-order valence-corrected chi connectivity index (χ4v) is 2.61. The lowest BCUT2D eigenvalue weighted by atomic mass is 9.80. The Hall–Kier alpha value is -1.83. The molecule has 0 atom stereocenters. The third kappa shape index (κ3) is 3.32. The van der Waals surface area contributed by atoms with Gasteiger partial charge in [-0.05, 0) is 46.2 Å². The van der Waals surface area contributed by atoms with Crippen LogP contribution in [0.3, 0.4) is 0 Å². The van der Waals surface area contributed by atoms with Crippen LogP contribution < -0.4 is 4.74 Å². The molecule has 0 aliphatic carbocycles. The summed E-state index contributed by atoms with van der Waals surface area (Å²) in [7, 11) is 1.60. The Labute approximate surface area is 133 Å². The standard InChI is InChI=1S/C20H25FO/c1-13(2)14-7-9-16(18(11-14)20(3,4)5)17-12-15(22-6)8-10-19(17)21/h7-13H,1-6H3. The third-order valence-corrected chi connectivity index (χ3v) is 3.98. The van der Waals surface area contributed by atoms with E-state index in [-0.39, 0.29) is 11.2 Å². The molecule has 0 aromatic heterocycles. The van der Waals surface area contributed by atoms with Crippen LogP contribution in [-0.4, -0.2) is 7.11 Å². The number of rotatable bonds is 3. The first-order chi connectivity index (χ1) is 10.2. The van der Waals surface area contributed by atoms with Gasteiger partial charge in [0.2, 0.25) is 0 Å². The minimum absolute atomic E-state index is 0.0598. The van der Waals surface area contributed by atoms with Gasteiger partial charge in [0, 0.05) is 5.56 Å². The number of halogens is 1. The van der Waals surface area contributed by atoms with E-state index in [9.17, 15) is 4.39 Å². The SMILES string of the molecule is COc1ccc(F)c(-c2ccc(C(C)C)cc2C(C)(C)C)c1. The second-order valence-corrected chi connectivity index (χ2v) is 7.06. The van der Waals surface area contributed by atoms with Crippen LogP contribution in [0.25, 0.3) is 11.1 Å². The maximum atomic E-state index is 14.4. The van der Waals surface area contributed by atoms with Crippen molar-refractivity contribution in [2.75, 3.05) is 7.11 Å². The quantitative estimate of drug-likeness (QED) is 0.683. The molecule has 118 valence electrons. The Morgan fingerprint density at radius 1 is 0.955 bits per heavy atom. The summed E-state index contributed by atoms with van der Waals surface area (Å²) in [6, 6.07) is 11.2. The molecule has 0 radical (unpaired) electrons. The van der Waals surface area contributed by atoms with Gasteiger partial charge in [-0.1, -0.05) is 52.8 Å². The number of hydrogen-bond donors (Lipinski definition) is 0. The molecular weight excluding hydrogens is 275 g/mol. The van der Waals surface area contributed by atoms with E-state index in [0.717, 1.165) is 11.1 Å². The third-order valence-electron chi connectivity index (χ3n) is 3.98. The molecule has 2 rings (SSSR count). The fourth-order valence-electron chi connectivity index (χ4n) is 2.61. The highest BCUT2D eigenvalue weighted by Crippen LogP contribution is 2.37. The Kier molecular flexibility index (Phi) is 4.60. The molecular formula is C20H25FO. The highest BCUT2D eigenvalue weighted by Gasteiger charge is 2.21. The van der Waals surface area contributed by atoms with Gasteiger partial charge in [-0.15, -0.1) is 0 Å². The first-order valence-electron chi connectivity index (χ1n) is 7.72. The van der Waals surface area contributed by atoms with Crippen LogP contribution in [0.15, 0.2) is 36.4 Å². The van der Waals surface area contributed by atoms with Crippen LogP contribution in [0.2, 0.25) is 0 Å². The molecule has 2 aromatic carbocycles. The normalized spacial score (nSPS) is 11.8. The molecule has 22 heavy (non-hydrogen) atoms. The van der Waals surface area contributed by atoms with E-state index in [1.54, 1.807) is 19.2 Å². The molecule has 0 saturated heterocycles. The van der Waals surface area contributed by atoms with Gasteiger partial charge >= 0.3 is 0 Å². The zero-order valence-corrected chi connectivity index (χ0v) is 14.3. The summed E-state index contributed by atoms with van der Waals surface area (Å²) in [6.07, 6.45) is 0. The first kappa shape index (κ1) is 16.5. The molecule has 1 nitrogen and oxygen atoms in total. The molecule has 0 N–H and O–H groups in total. The van der Waals surface area contributed by atoms with Crippen molar-refractivity contribution >= 4 is 0 Å². The van der Waals surface area contributed by atoms with Crippen LogP contribution >= 0.6 is 0 Å². The summed E-state index contributed by atoms with van der Waals surface area (Å²) in [5, 5.41) is 0. The van der Waals surface area contributed by atoms with Crippen LogP contribution in [0.4, 0.5) is 4.39 Å². The van der Waals surface area contributed by atoms with Crippen molar-refractivity contribution in [1.82, 2.24) is 0 Å². The summed E-state index contributed by atoms with van der Waals surface area (Å²) in [4.78, 5) is 0. The Bertz CT molecular complexity index is 666. The minimum Gasteiger partial charge on any atom is -0.497 e. The molecule has 0 aliphatic heterocycles. The molecule has 0 fully saturated rings. The van der Waals surface area contributed by atoms with Gasteiger partial charge in [0.25, 0.3) is 0 Å². The second kappa shape index (κ2) is 6.12. The van der Waals surface area contributed by atoms with Crippen molar-refractivity contribution in [3.05, 3.63) is 53.3 Å². The summed E-state index contributed by atoms with van der Waals surface area (Å²) >= 11 is 0. The van der Waals surface area contributed by atoms with Crippen LogP contribution in [0.5, 0.6) is 5.75 Å². The number of methoxy groups -OCH3 is 1. The van der Waals surface area contributed by atoms with Gasteiger partial charge in [0.1, 0.15) is 11.6 Å². The summed E-state index contributed by atoms with van der Waals surface area (Å²) in [6.45, 7) is 10.8. The van der Waals surface area contributed by atoms with Gasteiger partial charge in [0.15, 0.2) is 0 Å². The van der Waals surface area contributed by atoms with Crippen LogP contribution in [0, 0.1) is 5.82 Å². The fraction of sp³-hybridized carbons (Fsp3) is 0.400. The van der Waals surface area contributed by atoms with Crippen LogP contribution in [-0.2, 0) is 5.41 Å². The highest BCUT2D eigenvalue weighted by molar-refractivity contribution is 5.71. The van der Waals surface area contributed by atoms with E-state index in [0.29, 0.717) is 17.2 Å². The molecule has 0 unspecified atom stereocenters. The van der Waals surface area contributed by atoms with Gasteiger partial charge in [-0.3, -0.25) is 0 Å². The van der Waals surface area contributed by atoms with Gasteiger partial charge in [-0.2, -0.15) is 0 Å². The van der Waals surface area contributed by atoms with E-state index in [1.807, 2.05) is 6.07 Å². The predicted octanol–water partition coefficient (Wildman–Crippen LogP) is 5.92. The van der Waals surface area contributed by atoms with Crippen molar-refractivity contribution in [2.45, 2.75) is 46.0 Å². The number of benzene rings is 2. The molecule has 0 saturated carbocycles. The monoisotopic (exact) mass is 300 g/mol. The van der Waals surface area contributed by atoms with Gasteiger partial charge < -0.3 is 4.74 Å². The maximum Gasteiger partial charge on any atom is 0.131 e. The molecule has 0 heterocycles. The Balaban J connectivity index is 2.70. The maximum absolute atomic E-state index is 14.4. The van der Waals surface area contributed by atoms with E-state index < -0.39 is 0 Å². The largest absolute Gasteiger partial charge is 0.497 e. The molecule has 2 heteroatoms. The van der Waals surface area contributed by atoms with Crippen molar-refractivity contribution in [2.24, 2.45) is 0 Å². The van der Waals surface area contributed by atoms with E-state index in [4.69, 9.17) is 4.74 Å². The highest BCUT2D eigenvalue weighted by atomic mass is 19.1. The first-order valence-corrected chi connectivity index (χ1v) is 7.72. The lowest BCUT2D eigenvalue weighted by molar-refractivity contribution is 0.414. The molecule has 0 bridgehead atoms. The average Bonchev–Trinajstić information content (AvgIpc) is 2.46. The van der Waals surface area contributed by atoms with E-state index >= 15 is 0 Å². The van der Waals surface area contributed by atoms with E-state index in [1.165, 1.54) is 11.6 Å². The second-order valence-electron chi connectivity index (χ2n) is 7.06. The minimum atomic E-state index is -0.219. The predicted molar refractivity (Wildman–Crippen MR) is 91.2 cm³/mol. The van der Waals surface area contributed by atoms with Crippen LogP contribution in [0.1, 0.15) is 51.7 Å². The van der Waals surface area contributed by atoms with E-state index in [2.05, 4.69) is 46.8 Å². The number of hydrogen-bond acceptors (Lipinski definition) is 1. The lowest BCUT2D eigenvalue weighted by Gasteiger charge is -2.25. The summed E-state index contributed by atoms with van der Waals surface area (Å²) < 4.78 is 19.6. The molecule has 0 aliphatic rings. The lowest BCUT2D eigenvalue weighted by Crippen LogP contribution is -2.14. The van der Waals surface area contributed by atoms with Gasteiger partial charge in [0.05, 0.1) is 7.11 Å². The van der Waals surface area contributed by atoms with Crippen molar-refractivity contribution < 1.29 is 9.13 Å². The average molecular weight is 300 g/mol. The zero-order chi connectivity index (χ0) is 16.5. The number of ether oxygens (including phenoxy) is 1. The van der Waals surface area contributed by atoms with Crippen molar-refractivity contribution in [1.29, 1.82) is 0 Å². The molecule has 2 aromatic rings. The smallest absolute Gasteiger partial charge is 0.131 e. The Morgan fingerprint density at radius 3 is 2.18 bits per heavy atom. The summed E-state index contributed by atoms with van der Waals surface area (Å²) in [5.41, 5.74) is 3.91. The van der Waals surface area contributed by atoms with Crippen molar-refractivity contribution in [3.8, 4) is 16.9 Å². The Morgan fingerprint density at radius 2 is 1.64 bits per heavy atom.